The van der Waals surface area contributed by atoms with E-state index in [0.717, 1.165) is 47.8 Å². The third kappa shape index (κ3) is 3.72. The average Bonchev–Trinajstić information content (AvgIpc) is 3.29. The van der Waals surface area contributed by atoms with Crippen LogP contribution in [0.5, 0.6) is 0 Å². The topological polar surface area (TPSA) is 90.5 Å². The van der Waals surface area contributed by atoms with Gasteiger partial charge < -0.3 is 9.88 Å². The Labute approximate surface area is 155 Å². The highest BCUT2D eigenvalue weighted by atomic mass is 32.2. The molecule has 1 aromatic carbocycles. The predicted molar refractivity (Wildman–Crippen MR) is 98.9 cm³/mol. The van der Waals surface area contributed by atoms with E-state index < -0.39 is 0 Å². The number of hydrogen-bond acceptors (Lipinski definition) is 6. The molecule has 0 unspecified atom stereocenters. The van der Waals surface area contributed by atoms with Crippen molar-refractivity contribution in [3.63, 3.8) is 0 Å². The van der Waals surface area contributed by atoms with Gasteiger partial charge in [-0.25, -0.2) is 9.67 Å². The minimum atomic E-state index is 0.00700. The molecule has 2 heterocycles. The summed E-state index contributed by atoms with van der Waals surface area (Å²) in [7, 11) is 0. The molecule has 1 saturated carbocycles. The van der Waals surface area contributed by atoms with Crippen LogP contribution in [0.4, 0.5) is 0 Å². The van der Waals surface area contributed by atoms with Crippen molar-refractivity contribution < 1.29 is 4.79 Å². The molecule has 0 spiro atoms. The van der Waals surface area contributed by atoms with Gasteiger partial charge in [-0.3, -0.25) is 4.79 Å². The number of tetrazole rings is 1. The van der Waals surface area contributed by atoms with E-state index in [1.807, 2.05) is 29.8 Å². The molecule has 26 heavy (non-hydrogen) atoms. The molecule has 1 aliphatic carbocycles. The molecule has 0 atom stereocenters. The Bertz CT molecular complexity index is 915. The number of rotatable bonds is 8. The number of hydrogen-bond donors (Lipinski definition) is 1. The summed E-state index contributed by atoms with van der Waals surface area (Å²) in [5, 5.41) is 15.4. The van der Waals surface area contributed by atoms with E-state index in [1.54, 1.807) is 0 Å². The average molecular weight is 371 g/mol. The van der Waals surface area contributed by atoms with Crippen LogP contribution in [-0.4, -0.2) is 48.0 Å². The Balaban J connectivity index is 1.22. The van der Waals surface area contributed by atoms with E-state index >= 15 is 0 Å². The Morgan fingerprint density at radius 2 is 2.19 bits per heavy atom. The first kappa shape index (κ1) is 17.0. The monoisotopic (exact) mass is 371 g/mol. The summed E-state index contributed by atoms with van der Waals surface area (Å²) in [6.45, 7) is 3.48. The summed E-state index contributed by atoms with van der Waals surface area (Å²) in [5.74, 6) is 1.34. The molecule has 0 bridgehead atoms. The molecule has 0 aliphatic heterocycles. The lowest BCUT2D eigenvalue weighted by Crippen LogP contribution is -2.27. The molecule has 8 nitrogen and oxygen atoms in total. The molecule has 9 heteroatoms. The Morgan fingerprint density at radius 3 is 3.04 bits per heavy atom. The molecule has 1 fully saturated rings. The minimum absolute atomic E-state index is 0.00700. The third-order valence-electron chi connectivity index (χ3n) is 4.41. The van der Waals surface area contributed by atoms with Crippen molar-refractivity contribution in [1.82, 2.24) is 35.1 Å². The van der Waals surface area contributed by atoms with Crippen molar-refractivity contribution in [2.75, 3.05) is 12.3 Å². The number of nitrogens with zero attached hydrogens (tertiary/aromatic N) is 6. The van der Waals surface area contributed by atoms with Crippen molar-refractivity contribution in [3.05, 3.63) is 30.1 Å². The van der Waals surface area contributed by atoms with Gasteiger partial charge in [-0.05, 0) is 48.7 Å². The number of aryl methyl sites for hydroxylation is 2. The summed E-state index contributed by atoms with van der Waals surface area (Å²) in [5.41, 5.74) is 2.15. The number of amides is 1. The van der Waals surface area contributed by atoms with E-state index in [1.165, 1.54) is 11.8 Å². The van der Waals surface area contributed by atoms with Gasteiger partial charge in [-0.2, -0.15) is 0 Å². The fourth-order valence-electron chi connectivity index (χ4n) is 2.95. The lowest BCUT2D eigenvalue weighted by Gasteiger charge is -2.08. The second kappa shape index (κ2) is 7.45. The number of benzene rings is 1. The van der Waals surface area contributed by atoms with E-state index in [9.17, 15) is 4.79 Å². The maximum atomic E-state index is 12.0. The lowest BCUT2D eigenvalue weighted by molar-refractivity contribution is -0.118. The zero-order chi connectivity index (χ0) is 17.9. The van der Waals surface area contributed by atoms with Gasteiger partial charge in [0.25, 0.3) is 0 Å². The highest BCUT2D eigenvalue weighted by Crippen LogP contribution is 2.36. The molecule has 136 valence electrons. The smallest absolute Gasteiger partial charge is 0.230 e. The molecule has 1 aliphatic rings. The first-order chi connectivity index (χ1) is 12.7. The minimum Gasteiger partial charge on any atom is -0.355 e. The van der Waals surface area contributed by atoms with Crippen LogP contribution in [0.2, 0.25) is 0 Å². The first-order valence-electron chi connectivity index (χ1n) is 8.81. The normalized spacial score (nSPS) is 14.0. The number of imidazole rings is 1. The molecule has 1 amide bonds. The largest absolute Gasteiger partial charge is 0.355 e. The quantitative estimate of drug-likeness (QED) is 0.481. The molecule has 0 radical (unpaired) electrons. The van der Waals surface area contributed by atoms with Crippen molar-refractivity contribution in [2.24, 2.45) is 0 Å². The molecule has 0 saturated heterocycles. The van der Waals surface area contributed by atoms with Crippen LogP contribution in [0.3, 0.4) is 0 Å². The van der Waals surface area contributed by atoms with Gasteiger partial charge in [0.2, 0.25) is 11.1 Å². The molecule has 4 rings (SSSR count). The molecular formula is C17H21N7OS. The Hall–Kier alpha value is -2.42. The van der Waals surface area contributed by atoms with Gasteiger partial charge in [0.15, 0.2) is 0 Å². The zero-order valence-corrected chi connectivity index (χ0v) is 15.4. The molecule has 2 aromatic heterocycles. The van der Waals surface area contributed by atoms with Gasteiger partial charge >= 0.3 is 0 Å². The highest BCUT2D eigenvalue weighted by Gasteiger charge is 2.28. The van der Waals surface area contributed by atoms with Crippen LogP contribution in [0, 0.1) is 6.92 Å². The fourth-order valence-corrected chi connectivity index (χ4v) is 3.73. The van der Waals surface area contributed by atoms with E-state index in [0.29, 0.717) is 18.3 Å². The molecular weight excluding hydrogens is 350 g/mol. The molecule has 1 N–H and O–H groups in total. The second-order valence-electron chi connectivity index (χ2n) is 6.43. The maximum absolute atomic E-state index is 12.0. The Kier molecular flexibility index (Phi) is 4.87. The number of nitrogens with one attached hydrogen (secondary N) is 1. The summed E-state index contributed by atoms with van der Waals surface area (Å²) >= 11 is 1.39. The van der Waals surface area contributed by atoms with E-state index in [2.05, 4.69) is 36.5 Å². The SMILES string of the molecule is Cc1nc2ccccc2n1CCCNC(=O)CSc1nnnn1C1CC1. The first-order valence-corrected chi connectivity index (χ1v) is 9.80. The van der Waals surface area contributed by atoms with Gasteiger partial charge in [-0.1, -0.05) is 23.9 Å². The Morgan fingerprint density at radius 1 is 1.35 bits per heavy atom. The number of aromatic nitrogens is 6. The van der Waals surface area contributed by atoms with E-state index in [-0.39, 0.29) is 5.91 Å². The predicted octanol–water partition coefficient (Wildman–Crippen LogP) is 1.96. The summed E-state index contributed by atoms with van der Waals surface area (Å²) < 4.78 is 4.02. The number of para-hydroxylation sites is 2. The zero-order valence-electron chi connectivity index (χ0n) is 14.6. The van der Waals surface area contributed by atoms with Crippen molar-refractivity contribution >= 4 is 28.7 Å². The van der Waals surface area contributed by atoms with Gasteiger partial charge in [-0.15, -0.1) is 5.10 Å². The van der Waals surface area contributed by atoms with Crippen LogP contribution < -0.4 is 5.32 Å². The number of fused-ring (bicyclic) bond motifs is 1. The third-order valence-corrected chi connectivity index (χ3v) is 5.35. The van der Waals surface area contributed by atoms with Crippen molar-refractivity contribution in [1.29, 1.82) is 0 Å². The van der Waals surface area contributed by atoms with Gasteiger partial charge in [0.05, 0.1) is 22.8 Å². The van der Waals surface area contributed by atoms with Crippen molar-refractivity contribution in [2.45, 2.75) is 43.9 Å². The second-order valence-corrected chi connectivity index (χ2v) is 7.37. The number of carbonyl (C=O) groups is 1. The van der Waals surface area contributed by atoms with Crippen LogP contribution in [0.1, 0.15) is 31.1 Å². The number of thioether (sulfide) groups is 1. The summed E-state index contributed by atoms with van der Waals surface area (Å²) in [6.07, 6.45) is 3.09. The van der Waals surface area contributed by atoms with Gasteiger partial charge in [0.1, 0.15) is 5.82 Å². The highest BCUT2D eigenvalue weighted by molar-refractivity contribution is 7.99. The fraction of sp³-hybridized carbons (Fsp3) is 0.471. The van der Waals surface area contributed by atoms with Crippen LogP contribution in [-0.2, 0) is 11.3 Å². The number of carbonyl (C=O) groups excluding carboxylic acids is 1. The molecule has 3 aromatic rings. The van der Waals surface area contributed by atoms with Crippen LogP contribution in [0.15, 0.2) is 29.4 Å². The van der Waals surface area contributed by atoms with E-state index in [4.69, 9.17) is 0 Å². The van der Waals surface area contributed by atoms with Gasteiger partial charge in [0, 0.05) is 13.1 Å². The van der Waals surface area contributed by atoms with Crippen LogP contribution in [0.25, 0.3) is 11.0 Å². The van der Waals surface area contributed by atoms with Crippen molar-refractivity contribution in [3.8, 4) is 0 Å². The lowest BCUT2D eigenvalue weighted by atomic mass is 10.3. The van der Waals surface area contributed by atoms with Crippen LogP contribution >= 0.6 is 11.8 Å². The standard InChI is InChI=1S/C17H21N7OS/c1-12-19-14-5-2-3-6-15(14)23(12)10-4-9-18-16(25)11-26-17-20-21-22-24(17)13-7-8-13/h2-3,5-6,13H,4,7-11H2,1H3,(H,18,25). The summed E-state index contributed by atoms with van der Waals surface area (Å²) in [4.78, 5) is 16.6. The summed E-state index contributed by atoms with van der Waals surface area (Å²) in [6, 6.07) is 8.54. The maximum Gasteiger partial charge on any atom is 0.230 e.